The van der Waals surface area contributed by atoms with Gasteiger partial charge in [-0.3, -0.25) is 8.80 Å². The third-order valence-corrected chi connectivity index (χ3v) is 6.60. The number of pyridine rings is 2. The Kier molecular flexibility index (Phi) is 5.84. The van der Waals surface area contributed by atoms with Gasteiger partial charge in [-0.2, -0.15) is 0 Å². The Hall–Kier alpha value is -4.98. The second kappa shape index (κ2) is 9.48. The van der Waals surface area contributed by atoms with E-state index < -0.39 is 0 Å². The van der Waals surface area contributed by atoms with Crippen molar-refractivity contribution < 1.29 is 18.9 Å². The molecule has 2 aromatic carbocycles. The van der Waals surface area contributed by atoms with Crippen LogP contribution >= 0.6 is 0 Å². The van der Waals surface area contributed by atoms with Gasteiger partial charge in [-0.15, -0.1) is 0 Å². The van der Waals surface area contributed by atoms with E-state index >= 15 is 0 Å². The first-order valence-electron chi connectivity index (χ1n) is 12.1. The van der Waals surface area contributed by atoms with Crippen LogP contribution in [-0.2, 0) is 0 Å². The zero-order valence-corrected chi connectivity index (χ0v) is 21.5. The summed E-state index contributed by atoms with van der Waals surface area (Å²) in [5.41, 5.74) is 6.81. The lowest BCUT2D eigenvalue weighted by Gasteiger charge is -2.12. The Morgan fingerprint density at radius 3 is 1.32 bits per heavy atom. The van der Waals surface area contributed by atoms with Crippen molar-refractivity contribution in [1.82, 2.24) is 18.8 Å². The topological polar surface area (TPSA) is 71.5 Å². The molecule has 8 heteroatoms. The van der Waals surface area contributed by atoms with Gasteiger partial charge in [0.1, 0.15) is 11.3 Å². The highest BCUT2D eigenvalue weighted by molar-refractivity contribution is 5.90. The molecule has 0 saturated heterocycles. The largest absolute Gasteiger partial charge is 0.493 e. The number of benzene rings is 2. The van der Waals surface area contributed by atoms with Gasteiger partial charge in [-0.05, 0) is 60.7 Å². The van der Waals surface area contributed by atoms with Crippen LogP contribution in [0.1, 0.15) is 0 Å². The van der Waals surface area contributed by atoms with Crippen LogP contribution in [0.15, 0.2) is 85.2 Å². The molecule has 190 valence electrons. The average Bonchev–Trinajstić information content (AvgIpc) is 3.54. The van der Waals surface area contributed by atoms with Crippen molar-refractivity contribution in [3.05, 3.63) is 85.2 Å². The monoisotopic (exact) mass is 506 g/mol. The van der Waals surface area contributed by atoms with Gasteiger partial charge in [0.25, 0.3) is 0 Å². The van der Waals surface area contributed by atoms with E-state index in [-0.39, 0.29) is 0 Å². The fourth-order valence-electron chi connectivity index (χ4n) is 4.81. The van der Waals surface area contributed by atoms with E-state index in [9.17, 15) is 0 Å². The Bertz CT molecular complexity index is 1660. The van der Waals surface area contributed by atoms with Gasteiger partial charge in [0.2, 0.25) is 0 Å². The molecular weight excluding hydrogens is 480 g/mol. The van der Waals surface area contributed by atoms with Crippen LogP contribution < -0.4 is 18.9 Å². The number of hydrogen-bond acceptors (Lipinski definition) is 6. The van der Waals surface area contributed by atoms with E-state index in [1.165, 1.54) is 0 Å². The molecule has 0 fully saturated rings. The maximum atomic E-state index is 5.61. The number of hydrogen-bond donors (Lipinski definition) is 0. The predicted octanol–water partition coefficient (Wildman–Crippen LogP) is 6.02. The zero-order chi connectivity index (χ0) is 26.2. The van der Waals surface area contributed by atoms with Crippen LogP contribution in [0.2, 0.25) is 0 Å². The van der Waals surface area contributed by atoms with Crippen LogP contribution in [0.4, 0.5) is 0 Å². The minimum Gasteiger partial charge on any atom is -0.493 e. The Labute approximate surface area is 219 Å². The number of ether oxygens (including phenoxy) is 4. The highest BCUT2D eigenvalue weighted by Gasteiger charge is 2.25. The van der Waals surface area contributed by atoms with Gasteiger partial charge in [-0.1, -0.05) is 12.1 Å². The summed E-state index contributed by atoms with van der Waals surface area (Å²) in [4.78, 5) is 10.1. The molecule has 0 spiro atoms. The summed E-state index contributed by atoms with van der Waals surface area (Å²) in [6.45, 7) is 0. The molecule has 0 N–H and O–H groups in total. The molecule has 38 heavy (non-hydrogen) atoms. The first kappa shape index (κ1) is 23.4. The Morgan fingerprint density at radius 1 is 0.500 bits per heavy atom. The van der Waals surface area contributed by atoms with Crippen molar-refractivity contribution in [3.63, 3.8) is 0 Å². The van der Waals surface area contributed by atoms with Gasteiger partial charge in [0.15, 0.2) is 23.0 Å². The molecule has 0 unspecified atom stereocenters. The molecule has 6 rings (SSSR count). The van der Waals surface area contributed by atoms with Crippen molar-refractivity contribution in [3.8, 4) is 56.9 Å². The highest BCUT2D eigenvalue weighted by atomic mass is 16.5. The number of fused-ring (bicyclic) bond motifs is 2. The second-order valence-corrected chi connectivity index (χ2v) is 8.62. The van der Waals surface area contributed by atoms with Gasteiger partial charge in [0, 0.05) is 23.5 Å². The molecule has 0 aliphatic carbocycles. The van der Waals surface area contributed by atoms with Crippen molar-refractivity contribution >= 4 is 11.3 Å². The van der Waals surface area contributed by atoms with Crippen LogP contribution in [0, 0.1) is 0 Å². The van der Waals surface area contributed by atoms with Gasteiger partial charge in [0.05, 0.1) is 51.2 Å². The molecule has 4 heterocycles. The van der Waals surface area contributed by atoms with Crippen molar-refractivity contribution in [2.45, 2.75) is 0 Å². The van der Waals surface area contributed by atoms with Crippen LogP contribution in [-0.4, -0.2) is 47.2 Å². The zero-order valence-electron chi connectivity index (χ0n) is 21.5. The summed E-state index contributed by atoms with van der Waals surface area (Å²) in [5, 5.41) is 0. The molecule has 0 bridgehead atoms. The number of methoxy groups -OCH3 is 4. The summed E-state index contributed by atoms with van der Waals surface area (Å²) in [7, 11) is 6.51. The van der Waals surface area contributed by atoms with Gasteiger partial charge < -0.3 is 18.9 Å². The lowest BCUT2D eigenvalue weighted by molar-refractivity contribution is 0.355. The van der Waals surface area contributed by atoms with Crippen LogP contribution in [0.3, 0.4) is 0 Å². The number of imidazole rings is 2. The number of rotatable bonds is 7. The third-order valence-electron chi connectivity index (χ3n) is 6.60. The minimum atomic E-state index is 0.631. The summed E-state index contributed by atoms with van der Waals surface area (Å²) in [6.07, 6.45) is 4.03. The SMILES string of the molecule is COc1ccc(-c2nc3ccccn3c2-c2c(-c3ccc(OC)c(OC)c3)nc3ccccn23)cc1OC. The van der Waals surface area contributed by atoms with Crippen molar-refractivity contribution in [2.24, 2.45) is 0 Å². The summed E-state index contributed by atoms with van der Waals surface area (Å²) in [6, 6.07) is 23.6. The average molecular weight is 507 g/mol. The molecule has 4 aromatic heterocycles. The molecular formula is C30H26N4O4. The minimum absolute atomic E-state index is 0.631. The highest BCUT2D eigenvalue weighted by Crippen LogP contribution is 2.42. The summed E-state index contributed by atoms with van der Waals surface area (Å²) in [5.74, 6) is 2.57. The standard InChI is InChI=1S/C30H26N4O4/c1-35-21-13-11-19(17-23(21)37-3)27-29(33-15-7-5-9-25(33)31-27)30-28(32-26-10-6-8-16-34(26)30)20-12-14-22(36-2)24(18-20)38-4/h5-18H,1-4H3. The lowest BCUT2D eigenvalue weighted by atomic mass is 10.0. The van der Waals surface area contributed by atoms with E-state index in [1.54, 1.807) is 28.4 Å². The van der Waals surface area contributed by atoms with Crippen molar-refractivity contribution in [2.75, 3.05) is 28.4 Å². The predicted molar refractivity (Wildman–Crippen MR) is 146 cm³/mol. The third kappa shape index (κ3) is 3.69. The quantitative estimate of drug-likeness (QED) is 0.264. The van der Waals surface area contributed by atoms with Gasteiger partial charge in [-0.25, -0.2) is 9.97 Å². The fraction of sp³-hybridized carbons (Fsp3) is 0.133. The molecule has 0 aliphatic heterocycles. The number of aromatic nitrogens is 4. The molecule has 8 nitrogen and oxygen atoms in total. The van der Waals surface area contributed by atoms with Crippen molar-refractivity contribution in [1.29, 1.82) is 0 Å². The smallest absolute Gasteiger partial charge is 0.161 e. The van der Waals surface area contributed by atoms with Crippen LogP contribution in [0.5, 0.6) is 23.0 Å². The van der Waals surface area contributed by atoms with E-state index in [2.05, 4.69) is 8.80 Å². The van der Waals surface area contributed by atoms with E-state index in [1.807, 2.05) is 85.2 Å². The lowest BCUT2D eigenvalue weighted by Crippen LogP contribution is -1.97. The normalized spacial score (nSPS) is 11.2. The van der Waals surface area contributed by atoms with E-state index in [0.29, 0.717) is 23.0 Å². The first-order valence-corrected chi connectivity index (χ1v) is 12.1. The van der Waals surface area contributed by atoms with E-state index in [0.717, 1.165) is 45.2 Å². The summed E-state index contributed by atoms with van der Waals surface area (Å²) < 4.78 is 26.4. The summed E-state index contributed by atoms with van der Waals surface area (Å²) >= 11 is 0. The Morgan fingerprint density at radius 2 is 0.921 bits per heavy atom. The Balaban J connectivity index is 1.69. The maximum absolute atomic E-state index is 5.61. The molecule has 0 saturated carbocycles. The fourth-order valence-corrected chi connectivity index (χ4v) is 4.81. The first-order chi connectivity index (χ1) is 18.7. The van der Waals surface area contributed by atoms with E-state index in [4.69, 9.17) is 28.9 Å². The number of nitrogens with zero attached hydrogens (tertiary/aromatic N) is 4. The molecule has 0 atom stereocenters. The molecule has 0 radical (unpaired) electrons. The maximum Gasteiger partial charge on any atom is 0.161 e. The van der Waals surface area contributed by atoms with Gasteiger partial charge >= 0.3 is 0 Å². The molecule has 0 aliphatic rings. The molecule has 6 aromatic rings. The molecule has 0 amide bonds. The van der Waals surface area contributed by atoms with Crippen LogP contribution in [0.25, 0.3) is 45.2 Å². The second-order valence-electron chi connectivity index (χ2n) is 8.62.